The fraction of sp³-hybridized carbons (Fsp3) is 0.625. The molecule has 0 bridgehead atoms. The minimum Gasteiger partial charge on any atom is -0.308 e. The molecular weight excluding hydrogens is 284 g/mol. The molecule has 0 saturated heterocycles. The third-order valence-corrected chi connectivity index (χ3v) is 4.41. The highest BCUT2D eigenvalue weighted by molar-refractivity contribution is 7.88. The molecule has 1 aromatic rings. The Hall–Kier alpha value is -0.910. The summed E-state index contributed by atoms with van der Waals surface area (Å²) in [5.74, 6) is 0. The average Bonchev–Trinajstić information content (AvgIpc) is 2.21. The zero-order valence-electron chi connectivity index (χ0n) is 14.2. The molecule has 1 atom stereocenters. The van der Waals surface area contributed by atoms with Crippen LogP contribution in [0.15, 0.2) is 12.1 Å². The maximum atomic E-state index is 11.4. The molecule has 5 heteroatoms. The second-order valence-corrected chi connectivity index (χ2v) is 8.42. The highest BCUT2D eigenvalue weighted by atomic mass is 32.2. The van der Waals surface area contributed by atoms with Crippen molar-refractivity contribution in [1.82, 2.24) is 10.0 Å². The molecule has 1 unspecified atom stereocenters. The van der Waals surface area contributed by atoms with E-state index in [0.29, 0.717) is 6.54 Å². The first-order valence-corrected chi connectivity index (χ1v) is 9.10. The number of aryl methyl sites for hydroxylation is 3. The van der Waals surface area contributed by atoms with Crippen molar-refractivity contribution in [3.05, 3.63) is 34.4 Å². The molecule has 0 aliphatic carbocycles. The largest absolute Gasteiger partial charge is 0.308 e. The predicted molar refractivity (Wildman–Crippen MR) is 89.1 cm³/mol. The smallest absolute Gasteiger partial charge is 0.209 e. The van der Waals surface area contributed by atoms with Crippen LogP contribution in [0.25, 0.3) is 0 Å². The van der Waals surface area contributed by atoms with Crippen molar-refractivity contribution in [2.24, 2.45) is 0 Å². The maximum Gasteiger partial charge on any atom is 0.209 e. The number of hydrogen-bond donors (Lipinski definition) is 2. The van der Waals surface area contributed by atoms with Gasteiger partial charge in [0.2, 0.25) is 10.0 Å². The standard InChI is InChI=1S/C16H28N2O2S/c1-11-8-12(2)15(13(3)9-11)14(4)17-10-16(5,6)18-21(7,19)20/h8-9,14,17-18H,10H2,1-7H3. The fourth-order valence-corrected chi connectivity index (χ4v) is 4.00. The van der Waals surface area contributed by atoms with Crippen molar-refractivity contribution in [1.29, 1.82) is 0 Å². The molecule has 0 fully saturated rings. The Kier molecular flexibility index (Phi) is 5.58. The van der Waals surface area contributed by atoms with Crippen molar-refractivity contribution in [2.45, 2.75) is 53.1 Å². The highest BCUT2D eigenvalue weighted by Gasteiger charge is 2.23. The van der Waals surface area contributed by atoms with E-state index >= 15 is 0 Å². The van der Waals surface area contributed by atoms with E-state index in [1.54, 1.807) is 0 Å². The van der Waals surface area contributed by atoms with Crippen LogP contribution in [-0.2, 0) is 10.0 Å². The van der Waals surface area contributed by atoms with E-state index in [2.05, 4.69) is 49.9 Å². The predicted octanol–water partition coefficient (Wildman–Crippen LogP) is 2.59. The second-order valence-electron chi connectivity index (χ2n) is 6.67. The van der Waals surface area contributed by atoms with Gasteiger partial charge < -0.3 is 5.32 Å². The van der Waals surface area contributed by atoms with Crippen LogP contribution in [0.3, 0.4) is 0 Å². The number of benzene rings is 1. The Morgan fingerprint density at radius 3 is 2.05 bits per heavy atom. The number of sulfonamides is 1. The first-order chi connectivity index (χ1) is 9.41. The van der Waals surface area contributed by atoms with Crippen molar-refractivity contribution in [3.8, 4) is 0 Å². The van der Waals surface area contributed by atoms with Gasteiger partial charge in [-0.15, -0.1) is 0 Å². The van der Waals surface area contributed by atoms with E-state index in [0.717, 1.165) is 0 Å². The summed E-state index contributed by atoms with van der Waals surface area (Å²) >= 11 is 0. The SMILES string of the molecule is Cc1cc(C)c(C(C)NCC(C)(C)NS(C)(=O)=O)c(C)c1. The van der Waals surface area contributed by atoms with Gasteiger partial charge in [-0.2, -0.15) is 0 Å². The molecule has 0 aliphatic heterocycles. The molecule has 0 heterocycles. The molecule has 0 radical (unpaired) electrons. The quantitative estimate of drug-likeness (QED) is 0.849. The fourth-order valence-electron chi connectivity index (χ4n) is 2.92. The normalized spacial score (nSPS) is 14.2. The van der Waals surface area contributed by atoms with Crippen LogP contribution >= 0.6 is 0 Å². The molecule has 21 heavy (non-hydrogen) atoms. The lowest BCUT2D eigenvalue weighted by molar-refractivity contribution is 0.398. The minimum atomic E-state index is -3.21. The Labute approximate surface area is 129 Å². The summed E-state index contributed by atoms with van der Waals surface area (Å²) in [4.78, 5) is 0. The van der Waals surface area contributed by atoms with Crippen LogP contribution in [0, 0.1) is 20.8 Å². The topological polar surface area (TPSA) is 58.2 Å². The van der Waals surface area contributed by atoms with Crippen LogP contribution in [0.2, 0.25) is 0 Å². The lowest BCUT2D eigenvalue weighted by Crippen LogP contribution is -2.50. The minimum absolute atomic E-state index is 0.172. The Morgan fingerprint density at radius 1 is 1.14 bits per heavy atom. The number of rotatable bonds is 6. The molecule has 0 aromatic heterocycles. The molecule has 0 aliphatic rings. The van der Waals surface area contributed by atoms with Crippen molar-refractivity contribution < 1.29 is 8.42 Å². The summed E-state index contributed by atoms with van der Waals surface area (Å²) in [5, 5.41) is 3.44. The summed E-state index contributed by atoms with van der Waals surface area (Å²) in [6.45, 7) is 12.8. The van der Waals surface area contributed by atoms with E-state index in [4.69, 9.17) is 0 Å². The van der Waals surface area contributed by atoms with E-state index in [1.165, 1.54) is 28.5 Å². The monoisotopic (exact) mass is 312 g/mol. The zero-order chi connectivity index (χ0) is 16.4. The van der Waals surface area contributed by atoms with Crippen LogP contribution in [0.4, 0.5) is 0 Å². The van der Waals surface area contributed by atoms with Gasteiger partial charge >= 0.3 is 0 Å². The van der Waals surface area contributed by atoms with Crippen molar-refractivity contribution in [3.63, 3.8) is 0 Å². The van der Waals surface area contributed by atoms with Gasteiger partial charge in [0.25, 0.3) is 0 Å². The molecule has 1 rings (SSSR count). The molecule has 4 nitrogen and oxygen atoms in total. The summed E-state index contributed by atoms with van der Waals surface area (Å²) in [6, 6.07) is 4.53. The summed E-state index contributed by atoms with van der Waals surface area (Å²) in [5.41, 5.74) is 4.56. The van der Waals surface area contributed by atoms with Crippen LogP contribution in [0.1, 0.15) is 49.1 Å². The molecule has 1 aromatic carbocycles. The molecular formula is C16H28N2O2S. The van der Waals surface area contributed by atoms with Gasteiger partial charge in [0.15, 0.2) is 0 Å². The van der Waals surface area contributed by atoms with Gasteiger partial charge in [-0.25, -0.2) is 13.1 Å². The van der Waals surface area contributed by atoms with Crippen LogP contribution < -0.4 is 10.0 Å². The summed E-state index contributed by atoms with van der Waals surface area (Å²) in [6.07, 6.45) is 1.19. The maximum absolute atomic E-state index is 11.4. The Morgan fingerprint density at radius 2 is 1.62 bits per heavy atom. The first-order valence-electron chi connectivity index (χ1n) is 7.21. The molecule has 0 saturated carbocycles. The lowest BCUT2D eigenvalue weighted by atomic mass is 9.94. The lowest BCUT2D eigenvalue weighted by Gasteiger charge is -2.28. The first kappa shape index (κ1) is 18.1. The van der Waals surface area contributed by atoms with Gasteiger partial charge in [-0.1, -0.05) is 17.7 Å². The van der Waals surface area contributed by atoms with Crippen LogP contribution in [0.5, 0.6) is 0 Å². The molecule has 0 amide bonds. The average molecular weight is 312 g/mol. The molecule has 120 valence electrons. The van der Waals surface area contributed by atoms with Crippen LogP contribution in [-0.4, -0.2) is 26.8 Å². The third kappa shape index (κ3) is 5.77. The van der Waals surface area contributed by atoms with Gasteiger partial charge in [0.05, 0.1) is 6.26 Å². The summed E-state index contributed by atoms with van der Waals surface area (Å²) in [7, 11) is -3.21. The van der Waals surface area contributed by atoms with E-state index in [9.17, 15) is 8.42 Å². The zero-order valence-corrected chi connectivity index (χ0v) is 15.0. The Bertz CT molecular complexity index is 584. The number of nitrogens with one attached hydrogen (secondary N) is 2. The van der Waals surface area contributed by atoms with Gasteiger partial charge in [-0.05, 0) is 58.2 Å². The van der Waals surface area contributed by atoms with Crippen molar-refractivity contribution >= 4 is 10.0 Å². The summed E-state index contributed by atoms with van der Waals surface area (Å²) < 4.78 is 25.4. The van der Waals surface area contributed by atoms with E-state index < -0.39 is 15.6 Å². The second kappa shape index (κ2) is 6.46. The van der Waals surface area contributed by atoms with Crippen molar-refractivity contribution in [2.75, 3.05) is 12.8 Å². The molecule has 0 spiro atoms. The highest BCUT2D eigenvalue weighted by Crippen LogP contribution is 2.23. The molecule has 2 N–H and O–H groups in total. The van der Waals surface area contributed by atoms with Gasteiger partial charge in [0.1, 0.15) is 0 Å². The van der Waals surface area contributed by atoms with Gasteiger partial charge in [-0.3, -0.25) is 0 Å². The Balaban J connectivity index is 2.81. The van der Waals surface area contributed by atoms with E-state index in [-0.39, 0.29) is 6.04 Å². The van der Waals surface area contributed by atoms with E-state index in [1.807, 2.05) is 13.8 Å². The number of hydrogen-bond acceptors (Lipinski definition) is 3. The van der Waals surface area contributed by atoms with Gasteiger partial charge in [0, 0.05) is 18.1 Å². The third-order valence-electron chi connectivity index (χ3n) is 3.48.